The molecule has 40 heavy (non-hydrogen) atoms. The molecule has 0 unspecified atom stereocenters. The van der Waals surface area contributed by atoms with Gasteiger partial charge in [-0.05, 0) is 69.9 Å². The van der Waals surface area contributed by atoms with Gasteiger partial charge in [-0.2, -0.15) is 13.2 Å². The van der Waals surface area contributed by atoms with Crippen molar-refractivity contribution in [2.24, 2.45) is 0 Å². The summed E-state index contributed by atoms with van der Waals surface area (Å²) in [6.45, 7) is 10.1. The molecule has 2 atom stereocenters. The van der Waals surface area contributed by atoms with Crippen LogP contribution in [0.25, 0.3) is 0 Å². The van der Waals surface area contributed by atoms with Crippen LogP contribution in [0.5, 0.6) is 0 Å². The van der Waals surface area contributed by atoms with E-state index < -0.39 is 30.0 Å². The van der Waals surface area contributed by atoms with Crippen LogP contribution in [0, 0.1) is 13.8 Å². The number of alkyl halides is 3. The Hall–Kier alpha value is -3.34. The van der Waals surface area contributed by atoms with E-state index in [0.717, 1.165) is 55.0 Å². The van der Waals surface area contributed by atoms with Gasteiger partial charge in [-0.25, -0.2) is 9.78 Å². The molecule has 2 aliphatic rings. The number of hydrogen-bond donors (Lipinski definition) is 0. The van der Waals surface area contributed by atoms with Crippen molar-refractivity contribution in [1.82, 2.24) is 14.8 Å². The highest BCUT2D eigenvalue weighted by Gasteiger charge is 2.41. The fourth-order valence-corrected chi connectivity index (χ4v) is 5.70. The average molecular weight is 563 g/mol. The topological polar surface area (TPSA) is 75.2 Å². The van der Waals surface area contributed by atoms with E-state index in [4.69, 9.17) is 14.5 Å². The summed E-state index contributed by atoms with van der Waals surface area (Å²) in [6, 6.07) is 5.51. The van der Waals surface area contributed by atoms with Crippen LogP contribution < -0.4 is 4.90 Å². The summed E-state index contributed by atoms with van der Waals surface area (Å²) in [5, 5.41) is 0. The molecule has 11 heteroatoms. The number of piperidine rings is 1. The summed E-state index contributed by atoms with van der Waals surface area (Å²) in [5.74, 6) is 0.524. The van der Waals surface area contributed by atoms with Gasteiger partial charge >= 0.3 is 18.2 Å². The molecule has 0 N–H and O–H groups in total. The van der Waals surface area contributed by atoms with Crippen LogP contribution in [-0.2, 0) is 27.0 Å². The molecule has 218 valence electrons. The van der Waals surface area contributed by atoms with E-state index in [1.54, 1.807) is 31.0 Å². The van der Waals surface area contributed by atoms with Crippen molar-refractivity contribution in [3.05, 3.63) is 58.3 Å². The van der Waals surface area contributed by atoms with Crippen LogP contribution >= 0.6 is 0 Å². The molecule has 3 heterocycles. The summed E-state index contributed by atoms with van der Waals surface area (Å²) < 4.78 is 50.8. The molecule has 2 aliphatic heterocycles. The Morgan fingerprint density at radius 1 is 1.15 bits per heavy atom. The van der Waals surface area contributed by atoms with E-state index >= 15 is 0 Å². The SMILES string of the molecule is CCN(c1ncc(C)cc1CN1C(=O)O[C@H](c2cc(C)cc(C(F)(F)F)c2)[C@@H]1C)C1CCN(CC(=O)OC)CC1. The molecule has 0 bridgehead atoms. The highest BCUT2D eigenvalue weighted by molar-refractivity contribution is 5.72. The minimum atomic E-state index is -4.49. The largest absolute Gasteiger partial charge is 0.468 e. The third-order valence-electron chi connectivity index (χ3n) is 7.76. The molecule has 1 aromatic heterocycles. The minimum absolute atomic E-state index is 0.205. The van der Waals surface area contributed by atoms with Gasteiger partial charge in [0.25, 0.3) is 0 Å². The second-order valence-electron chi connectivity index (χ2n) is 10.7. The Morgan fingerprint density at radius 2 is 1.85 bits per heavy atom. The Bertz CT molecular complexity index is 1230. The molecule has 4 rings (SSSR count). The molecular weight excluding hydrogens is 525 g/mol. The van der Waals surface area contributed by atoms with Crippen LogP contribution in [0.3, 0.4) is 0 Å². The van der Waals surface area contributed by atoms with E-state index in [2.05, 4.69) is 16.7 Å². The smallest absolute Gasteiger partial charge is 0.416 e. The first-order valence-electron chi connectivity index (χ1n) is 13.6. The zero-order chi connectivity index (χ0) is 29.2. The quantitative estimate of drug-likeness (QED) is 0.406. The van der Waals surface area contributed by atoms with Crippen LogP contribution in [0.15, 0.2) is 30.5 Å². The number of carbonyl (C=O) groups is 2. The molecule has 0 radical (unpaired) electrons. The van der Waals surface area contributed by atoms with Crippen LogP contribution in [0.2, 0.25) is 0 Å². The summed E-state index contributed by atoms with van der Waals surface area (Å²) in [4.78, 5) is 35.4. The van der Waals surface area contributed by atoms with Gasteiger partial charge in [0.1, 0.15) is 11.9 Å². The number of likely N-dealkylation sites (tertiary alicyclic amines) is 1. The van der Waals surface area contributed by atoms with Crippen LogP contribution in [0.4, 0.5) is 23.8 Å². The second kappa shape index (κ2) is 12.0. The highest BCUT2D eigenvalue weighted by Crippen LogP contribution is 2.38. The zero-order valence-corrected chi connectivity index (χ0v) is 23.6. The van der Waals surface area contributed by atoms with Gasteiger partial charge in [-0.1, -0.05) is 11.6 Å². The first-order valence-corrected chi connectivity index (χ1v) is 13.6. The second-order valence-corrected chi connectivity index (χ2v) is 10.7. The fraction of sp³-hybridized carbons (Fsp3) is 0.552. The number of cyclic esters (lactones) is 1. The highest BCUT2D eigenvalue weighted by atomic mass is 19.4. The van der Waals surface area contributed by atoms with Crippen LogP contribution in [0.1, 0.15) is 60.6 Å². The van der Waals surface area contributed by atoms with E-state index in [9.17, 15) is 22.8 Å². The number of methoxy groups -OCH3 is 1. The van der Waals surface area contributed by atoms with E-state index in [-0.39, 0.29) is 25.1 Å². The number of amides is 1. The Morgan fingerprint density at radius 3 is 2.48 bits per heavy atom. The summed E-state index contributed by atoms with van der Waals surface area (Å²) >= 11 is 0. The number of benzene rings is 1. The third kappa shape index (κ3) is 6.51. The number of halogens is 3. The number of hydrogen-bond acceptors (Lipinski definition) is 7. The lowest BCUT2D eigenvalue weighted by Crippen LogP contribution is -2.47. The predicted molar refractivity (Wildman–Crippen MR) is 144 cm³/mol. The number of esters is 1. The fourth-order valence-electron chi connectivity index (χ4n) is 5.70. The first kappa shape index (κ1) is 29.6. The summed E-state index contributed by atoms with van der Waals surface area (Å²) in [5.41, 5.74) is 1.81. The lowest BCUT2D eigenvalue weighted by Gasteiger charge is -2.39. The first-order chi connectivity index (χ1) is 18.9. The third-order valence-corrected chi connectivity index (χ3v) is 7.76. The number of ether oxygens (including phenoxy) is 2. The van der Waals surface area contributed by atoms with E-state index in [1.165, 1.54) is 7.11 Å². The molecule has 1 aromatic carbocycles. The van der Waals surface area contributed by atoms with Gasteiger partial charge in [0, 0.05) is 37.4 Å². The molecule has 0 aliphatic carbocycles. The van der Waals surface area contributed by atoms with E-state index in [0.29, 0.717) is 17.7 Å². The van der Waals surface area contributed by atoms with Gasteiger partial charge in [-0.15, -0.1) is 0 Å². The minimum Gasteiger partial charge on any atom is -0.468 e. The van der Waals surface area contributed by atoms with Gasteiger partial charge < -0.3 is 14.4 Å². The lowest BCUT2D eigenvalue weighted by molar-refractivity contribution is -0.142. The lowest BCUT2D eigenvalue weighted by atomic mass is 9.98. The molecule has 2 fully saturated rings. The number of carbonyl (C=O) groups excluding carboxylic acids is 2. The molecule has 1 amide bonds. The Kier molecular flexibility index (Phi) is 8.92. The van der Waals surface area contributed by atoms with E-state index in [1.807, 2.05) is 13.0 Å². The van der Waals surface area contributed by atoms with Crippen molar-refractivity contribution in [1.29, 1.82) is 0 Å². The average Bonchev–Trinajstić information content (AvgIpc) is 3.18. The van der Waals surface area contributed by atoms with Crippen molar-refractivity contribution < 1.29 is 32.2 Å². The standard InChI is InChI=1S/C29H37F3N4O4/c1-6-35(24-7-9-34(10-8-24)17-25(37)39-5)27-22(12-19(3)15-33-27)16-36-20(4)26(40-28(36)38)21-11-18(2)13-23(14-21)29(30,31)32/h11-15,20,24,26H,6-10,16-17H2,1-5H3/t20-,26-/m0/s1. The van der Waals surface area contributed by atoms with Crippen molar-refractivity contribution in [3.63, 3.8) is 0 Å². The molecule has 2 aromatic rings. The zero-order valence-electron chi connectivity index (χ0n) is 23.6. The van der Waals surface area contributed by atoms with Gasteiger partial charge in [0.2, 0.25) is 0 Å². The van der Waals surface area contributed by atoms with Gasteiger partial charge in [0.15, 0.2) is 0 Å². The van der Waals surface area contributed by atoms with Crippen molar-refractivity contribution in [3.8, 4) is 0 Å². The molecule has 2 saturated heterocycles. The number of rotatable bonds is 8. The van der Waals surface area contributed by atoms with Crippen molar-refractivity contribution >= 4 is 17.9 Å². The maximum atomic E-state index is 13.5. The number of pyridine rings is 1. The molecule has 8 nitrogen and oxygen atoms in total. The van der Waals surface area contributed by atoms with Gasteiger partial charge in [-0.3, -0.25) is 14.6 Å². The maximum Gasteiger partial charge on any atom is 0.416 e. The predicted octanol–water partition coefficient (Wildman–Crippen LogP) is 5.26. The Labute approximate surface area is 233 Å². The number of aromatic nitrogens is 1. The monoisotopic (exact) mass is 562 g/mol. The number of aryl methyl sites for hydroxylation is 2. The van der Waals surface area contributed by atoms with Crippen molar-refractivity contribution in [2.75, 3.05) is 38.2 Å². The Balaban J connectivity index is 1.54. The number of anilines is 1. The number of nitrogens with zero attached hydrogens (tertiary/aromatic N) is 4. The van der Waals surface area contributed by atoms with Crippen LogP contribution in [-0.4, -0.2) is 72.2 Å². The van der Waals surface area contributed by atoms with Gasteiger partial charge in [0.05, 0.1) is 31.8 Å². The maximum absolute atomic E-state index is 13.5. The summed E-state index contributed by atoms with van der Waals surface area (Å²) in [7, 11) is 1.39. The van der Waals surface area contributed by atoms with Crippen molar-refractivity contribution in [2.45, 2.75) is 71.4 Å². The molecular formula is C29H37F3N4O4. The normalized spacial score (nSPS) is 20.5. The molecule has 0 spiro atoms. The summed E-state index contributed by atoms with van der Waals surface area (Å²) in [6.07, 6.45) is -2.39. The molecule has 0 saturated carbocycles.